The van der Waals surface area contributed by atoms with Crippen LogP contribution in [0.2, 0.25) is 0 Å². The van der Waals surface area contributed by atoms with E-state index in [1.807, 2.05) is 0 Å². The molecule has 0 unspecified atom stereocenters. The number of nitrogens with one attached hydrogen (secondary N) is 1. The van der Waals surface area contributed by atoms with Gasteiger partial charge in [-0.15, -0.1) is 0 Å². The van der Waals surface area contributed by atoms with Crippen LogP contribution in [0.25, 0.3) is 0 Å². The highest BCUT2D eigenvalue weighted by atomic mass is 32.1. The first-order chi connectivity index (χ1) is 8.52. The number of aromatic nitrogens is 2. The van der Waals surface area contributed by atoms with E-state index in [-0.39, 0.29) is 10.3 Å². The Morgan fingerprint density at radius 1 is 1.50 bits per heavy atom. The Morgan fingerprint density at radius 2 is 2.22 bits per heavy atom. The Kier molecular flexibility index (Phi) is 3.78. The maximum Gasteiger partial charge on any atom is 0.254 e. The van der Waals surface area contributed by atoms with Crippen molar-refractivity contribution in [3.8, 4) is 0 Å². The van der Waals surface area contributed by atoms with Gasteiger partial charge in [0.1, 0.15) is 18.3 Å². The van der Waals surface area contributed by atoms with Crippen molar-refractivity contribution in [3.05, 3.63) is 27.4 Å². The van der Waals surface area contributed by atoms with Crippen LogP contribution >= 0.6 is 12.2 Å². The van der Waals surface area contributed by atoms with Gasteiger partial charge < -0.3 is 24.9 Å². The molecule has 2 heterocycles. The second-order valence-corrected chi connectivity index (χ2v) is 4.13. The van der Waals surface area contributed by atoms with Gasteiger partial charge in [0.2, 0.25) is 4.77 Å². The average molecular weight is 276 g/mol. The van der Waals surface area contributed by atoms with E-state index >= 15 is 0 Å². The maximum absolute atomic E-state index is 10.9. The van der Waals surface area contributed by atoms with Crippen LogP contribution in [0.3, 0.4) is 0 Å². The highest BCUT2D eigenvalue weighted by Crippen LogP contribution is 2.20. The SMILES string of the molecule is O=c1ccn(O[C@H]2O[C@H](CO)[C@@H](O)[C@@H]2O)c(=S)[nH]1. The standard InChI is InChI=1S/C9H12N2O6S/c12-3-4-6(14)7(15)8(16-4)17-11-2-1-5(13)10-9(11)18/h1-2,4,6-8,12,14-15H,3H2,(H,10,13,18)/t4-,6-,7+,8-/m1/s1. The topological polar surface area (TPSA) is 117 Å². The number of ether oxygens (including phenoxy) is 1. The molecule has 1 aromatic heterocycles. The van der Waals surface area contributed by atoms with Gasteiger partial charge in [-0.05, 0) is 12.2 Å². The third-order valence-electron chi connectivity index (χ3n) is 2.51. The molecule has 1 saturated heterocycles. The molecule has 8 nitrogen and oxygen atoms in total. The van der Waals surface area contributed by atoms with E-state index in [0.717, 1.165) is 4.73 Å². The van der Waals surface area contributed by atoms with Crippen molar-refractivity contribution < 1.29 is 24.9 Å². The van der Waals surface area contributed by atoms with E-state index in [9.17, 15) is 15.0 Å². The van der Waals surface area contributed by atoms with E-state index in [0.29, 0.717) is 0 Å². The van der Waals surface area contributed by atoms with Crippen molar-refractivity contribution >= 4 is 12.2 Å². The Bertz CT molecular complexity index is 528. The van der Waals surface area contributed by atoms with Gasteiger partial charge in [0.05, 0.1) is 12.8 Å². The van der Waals surface area contributed by atoms with Crippen molar-refractivity contribution in [2.45, 2.75) is 24.6 Å². The number of nitrogens with zero attached hydrogens (tertiary/aromatic N) is 1. The molecule has 0 aromatic carbocycles. The van der Waals surface area contributed by atoms with E-state index in [1.165, 1.54) is 12.3 Å². The van der Waals surface area contributed by atoms with Crippen LogP contribution in [-0.2, 0) is 4.74 Å². The fraction of sp³-hybridized carbons (Fsp3) is 0.556. The zero-order valence-electron chi connectivity index (χ0n) is 9.09. The number of hydrogen-bond acceptors (Lipinski definition) is 7. The molecule has 0 saturated carbocycles. The van der Waals surface area contributed by atoms with Crippen LogP contribution in [0, 0.1) is 4.77 Å². The summed E-state index contributed by atoms with van der Waals surface area (Å²) in [5, 5.41) is 28.0. The van der Waals surface area contributed by atoms with Gasteiger partial charge in [-0.25, -0.2) is 0 Å². The molecule has 1 aliphatic heterocycles. The van der Waals surface area contributed by atoms with Crippen LogP contribution in [0.15, 0.2) is 17.1 Å². The molecule has 0 spiro atoms. The van der Waals surface area contributed by atoms with Gasteiger partial charge >= 0.3 is 0 Å². The van der Waals surface area contributed by atoms with Crippen molar-refractivity contribution in [3.63, 3.8) is 0 Å². The number of rotatable bonds is 3. The average Bonchev–Trinajstić information content (AvgIpc) is 2.60. The monoisotopic (exact) mass is 276 g/mol. The molecule has 0 aliphatic carbocycles. The van der Waals surface area contributed by atoms with Gasteiger partial charge in [0.15, 0.2) is 0 Å². The van der Waals surface area contributed by atoms with E-state index < -0.39 is 31.2 Å². The Labute approximate surface area is 106 Å². The van der Waals surface area contributed by atoms with Crippen LogP contribution in [0.4, 0.5) is 0 Å². The molecule has 0 bridgehead atoms. The summed E-state index contributed by atoms with van der Waals surface area (Å²) >= 11 is 4.83. The van der Waals surface area contributed by atoms with Crippen molar-refractivity contribution in [2.24, 2.45) is 0 Å². The van der Waals surface area contributed by atoms with E-state index in [1.54, 1.807) is 0 Å². The molecule has 100 valence electrons. The Morgan fingerprint density at radius 3 is 2.78 bits per heavy atom. The molecule has 9 heteroatoms. The zero-order valence-corrected chi connectivity index (χ0v) is 9.91. The largest absolute Gasteiger partial charge is 0.394 e. The minimum Gasteiger partial charge on any atom is -0.394 e. The fourth-order valence-electron chi connectivity index (χ4n) is 1.55. The predicted octanol–water partition coefficient (Wildman–Crippen LogP) is -2.23. The van der Waals surface area contributed by atoms with Gasteiger partial charge in [0.25, 0.3) is 11.8 Å². The first-order valence-corrected chi connectivity index (χ1v) is 5.55. The smallest absolute Gasteiger partial charge is 0.254 e. The summed E-state index contributed by atoms with van der Waals surface area (Å²) in [5.74, 6) is 0. The van der Waals surface area contributed by atoms with Gasteiger partial charge in [0, 0.05) is 6.07 Å². The quantitative estimate of drug-likeness (QED) is 0.462. The summed E-state index contributed by atoms with van der Waals surface area (Å²) in [7, 11) is 0. The molecule has 1 aromatic rings. The fourth-order valence-corrected chi connectivity index (χ4v) is 1.76. The molecule has 1 aliphatic rings. The predicted molar refractivity (Wildman–Crippen MR) is 60.2 cm³/mol. The summed E-state index contributed by atoms with van der Waals surface area (Å²) < 4.78 is 6.10. The summed E-state index contributed by atoms with van der Waals surface area (Å²) in [5.41, 5.74) is -0.388. The normalized spacial score (nSPS) is 31.5. The molecule has 18 heavy (non-hydrogen) atoms. The van der Waals surface area contributed by atoms with Crippen molar-refractivity contribution in [1.29, 1.82) is 0 Å². The van der Waals surface area contributed by atoms with E-state index in [4.69, 9.17) is 26.9 Å². The van der Waals surface area contributed by atoms with Crippen LogP contribution < -0.4 is 10.4 Å². The molecular weight excluding hydrogens is 264 g/mol. The molecule has 4 atom stereocenters. The zero-order chi connectivity index (χ0) is 13.3. The van der Waals surface area contributed by atoms with Gasteiger partial charge in [-0.1, -0.05) is 0 Å². The summed E-state index contributed by atoms with van der Waals surface area (Å²) in [6, 6.07) is 1.18. The minimum atomic E-state index is -1.32. The van der Waals surface area contributed by atoms with Crippen molar-refractivity contribution in [1.82, 2.24) is 9.71 Å². The van der Waals surface area contributed by atoms with Crippen LogP contribution in [-0.4, -0.2) is 56.2 Å². The number of aromatic amines is 1. The number of hydrogen-bond donors (Lipinski definition) is 4. The molecule has 4 N–H and O–H groups in total. The van der Waals surface area contributed by atoms with Gasteiger partial charge in [-0.2, -0.15) is 4.73 Å². The molecular formula is C9H12N2O6S. The first kappa shape index (κ1) is 13.2. The first-order valence-electron chi connectivity index (χ1n) is 5.14. The van der Waals surface area contributed by atoms with Crippen LogP contribution in [0.1, 0.15) is 0 Å². The van der Waals surface area contributed by atoms with Crippen molar-refractivity contribution in [2.75, 3.05) is 6.61 Å². The number of aliphatic hydroxyl groups excluding tert-OH is 3. The lowest BCUT2D eigenvalue weighted by Crippen LogP contribution is -2.38. The third kappa shape index (κ3) is 2.44. The van der Waals surface area contributed by atoms with E-state index in [2.05, 4.69) is 4.98 Å². The highest BCUT2D eigenvalue weighted by molar-refractivity contribution is 7.71. The summed E-state index contributed by atoms with van der Waals surface area (Å²) in [6.07, 6.45) is -3.43. The number of aliphatic hydroxyl groups is 3. The summed E-state index contributed by atoms with van der Waals surface area (Å²) in [6.45, 7) is -0.449. The Hall–Kier alpha value is -1.26. The highest BCUT2D eigenvalue weighted by Gasteiger charge is 2.44. The lowest BCUT2D eigenvalue weighted by Gasteiger charge is -2.17. The maximum atomic E-state index is 10.9. The Balaban J connectivity index is 2.15. The molecule has 0 amide bonds. The summed E-state index contributed by atoms with van der Waals surface area (Å²) in [4.78, 5) is 18.4. The molecule has 2 rings (SSSR count). The van der Waals surface area contributed by atoms with Gasteiger partial charge in [-0.3, -0.25) is 9.78 Å². The lowest BCUT2D eigenvalue weighted by molar-refractivity contribution is -0.172. The second-order valence-electron chi connectivity index (χ2n) is 3.75. The second kappa shape index (κ2) is 5.16. The lowest BCUT2D eigenvalue weighted by atomic mass is 10.1. The third-order valence-corrected chi connectivity index (χ3v) is 2.79. The minimum absolute atomic E-state index is 0.0137. The van der Waals surface area contributed by atoms with Crippen LogP contribution in [0.5, 0.6) is 0 Å². The number of H-pyrrole nitrogens is 1. The molecule has 0 radical (unpaired) electrons. The molecule has 1 fully saturated rings.